The Morgan fingerprint density at radius 1 is 1.48 bits per heavy atom. The first-order valence-corrected chi connectivity index (χ1v) is 8.11. The summed E-state index contributed by atoms with van der Waals surface area (Å²) in [6.45, 7) is 5.15. The molecule has 3 rings (SSSR count). The fourth-order valence-electron chi connectivity index (χ4n) is 3.55. The van der Waals surface area contributed by atoms with Crippen molar-refractivity contribution in [2.24, 2.45) is 0 Å². The summed E-state index contributed by atoms with van der Waals surface area (Å²) in [7, 11) is 1.86. The van der Waals surface area contributed by atoms with E-state index in [0.717, 1.165) is 19.3 Å². The molecule has 1 spiro atoms. The van der Waals surface area contributed by atoms with Gasteiger partial charge in [0, 0.05) is 25.2 Å². The number of nitrogens with zero attached hydrogens (tertiary/aromatic N) is 2. The molecule has 0 bridgehead atoms. The maximum atomic E-state index is 12.4. The van der Waals surface area contributed by atoms with Gasteiger partial charge in [0.25, 0.3) is 5.91 Å². The van der Waals surface area contributed by atoms with E-state index in [-0.39, 0.29) is 17.6 Å². The molecular weight excluding hydrogens is 298 g/mol. The van der Waals surface area contributed by atoms with Crippen LogP contribution in [-0.4, -0.2) is 65.1 Å². The number of nitrogens with one attached hydrogen (secondary N) is 1. The quantitative estimate of drug-likeness (QED) is 0.834. The summed E-state index contributed by atoms with van der Waals surface area (Å²) in [5.74, 6) is 0.174. The number of amides is 1. The molecule has 2 saturated heterocycles. The molecule has 1 amide bonds. The molecule has 2 aliphatic heterocycles. The third-order valence-corrected chi connectivity index (χ3v) is 5.15. The molecular formula is C16H25N3O4. The molecule has 2 atom stereocenters. The van der Waals surface area contributed by atoms with Gasteiger partial charge in [0.05, 0.1) is 17.9 Å². The number of carbonyl (C=O) groups excluding carboxylic acids is 1. The summed E-state index contributed by atoms with van der Waals surface area (Å²) in [6.07, 6.45) is 2.28. The van der Waals surface area contributed by atoms with E-state index in [1.165, 1.54) is 0 Å². The first-order chi connectivity index (χ1) is 10.9. The van der Waals surface area contributed by atoms with Gasteiger partial charge >= 0.3 is 0 Å². The number of aryl methyl sites for hydroxylation is 1. The second-order valence-electron chi connectivity index (χ2n) is 7.00. The number of hydrogen-bond donors (Lipinski definition) is 2. The van der Waals surface area contributed by atoms with Crippen molar-refractivity contribution in [3.8, 4) is 0 Å². The number of likely N-dealkylation sites (tertiary alicyclic amines) is 1. The Morgan fingerprint density at radius 2 is 2.17 bits per heavy atom. The smallest absolute Gasteiger partial charge is 0.292 e. The second kappa shape index (κ2) is 5.89. The molecule has 1 aromatic heterocycles. The molecule has 0 unspecified atom stereocenters. The van der Waals surface area contributed by atoms with Crippen LogP contribution in [0.15, 0.2) is 10.6 Å². The maximum Gasteiger partial charge on any atom is 0.292 e. The SMILES string of the molecule is CN[C@H]1CC2(CCN(C(=O)c3cc(C)no3)CC2)OC[C@]1(C)O. The third kappa shape index (κ3) is 3.13. The molecule has 128 valence electrons. The van der Waals surface area contributed by atoms with Gasteiger partial charge in [0.2, 0.25) is 5.76 Å². The van der Waals surface area contributed by atoms with Gasteiger partial charge in [-0.3, -0.25) is 4.79 Å². The zero-order chi connectivity index (χ0) is 16.7. The topological polar surface area (TPSA) is 87.8 Å². The van der Waals surface area contributed by atoms with Crippen LogP contribution in [0.2, 0.25) is 0 Å². The van der Waals surface area contributed by atoms with Crippen molar-refractivity contribution in [3.63, 3.8) is 0 Å². The zero-order valence-corrected chi connectivity index (χ0v) is 14.0. The van der Waals surface area contributed by atoms with Gasteiger partial charge in [-0.25, -0.2) is 0 Å². The lowest BCUT2D eigenvalue weighted by molar-refractivity contribution is -0.189. The standard InChI is InChI=1S/C16H25N3O4/c1-11-8-12(23-18-11)14(20)19-6-4-16(5-7-19)9-13(17-3)15(2,21)10-22-16/h8,13,17,21H,4-7,9-10H2,1-3H3/t13-,15-/m0/s1. The van der Waals surface area contributed by atoms with Gasteiger partial charge in [-0.1, -0.05) is 5.16 Å². The summed E-state index contributed by atoms with van der Waals surface area (Å²) in [5, 5.41) is 17.3. The average Bonchev–Trinajstić information content (AvgIpc) is 2.97. The summed E-state index contributed by atoms with van der Waals surface area (Å²) in [4.78, 5) is 14.2. The van der Waals surface area contributed by atoms with Crippen molar-refractivity contribution < 1.29 is 19.2 Å². The lowest BCUT2D eigenvalue weighted by Gasteiger charge is -2.50. The van der Waals surface area contributed by atoms with Crippen molar-refractivity contribution in [2.75, 3.05) is 26.7 Å². The number of hydrogen-bond acceptors (Lipinski definition) is 6. The summed E-state index contributed by atoms with van der Waals surface area (Å²) < 4.78 is 11.1. The first kappa shape index (κ1) is 16.4. The minimum Gasteiger partial charge on any atom is -0.386 e. The summed E-state index contributed by atoms with van der Waals surface area (Å²) in [5.41, 5.74) is -0.412. The van der Waals surface area contributed by atoms with Gasteiger partial charge in [-0.05, 0) is 40.2 Å². The fourth-order valence-corrected chi connectivity index (χ4v) is 3.55. The van der Waals surface area contributed by atoms with E-state index in [2.05, 4.69) is 10.5 Å². The molecule has 0 aromatic carbocycles. The number of piperidine rings is 1. The van der Waals surface area contributed by atoms with Crippen molar-refractivity contribution in [1.29, 1.82) is 0 Å². The number of aliphatic hydroxyl groups is 1. The highest BCUT2D eigenvalue weighted by Crippen LogP contribution is 2.38. The summed E-state index contributed by atoms with van der Waals surface area (Å²) >= 11 is 0. The van der Waals surface area contributed by atoms with Crippen molar-refractivity contribution in [3.05, 3.63) is 17.5 Å². The second-order valence-corrected chi connectivity index (χ2v) is 7.00. The van der Waals surface area contributed by atoms with Crippen LogP contribution in [0, 0.1) is 6.92 Å². The Labute approximate surface area is 136 Å². The van der Waals surface area contributed by atoms with Gasteiger partial charge < -0.3 is 24.6 Å². The van der Waals surface area contributed by atoms with Gasteiger partial charge in [0.15, 0.2) is 0 Å². The number of carbonyl (C=O) groups is 1. The molecule has 23 heavy (non-hydrogen) atoms. The Balaban J connectivity index is 1.63. The van der Waals surface area contributed by atoms with Crippen LogP contribution >= 0.6 is 0 Å². The van der Waals surface area contributed by atoms with E-state index < -0.39 is 5.60 Å². The van der Waals surface area contributed by atoms with Crippen LogP contribution < -0.4 is 5.32 Å². The average molecular weight is 323 g/mol. The third-order valence-electron chi connectivity index (χ3n) is 5.15. The largest absolute Gasteiger partial charge is 0.386 e. The van der Waals surface area contributed by atoms with E-state index in [9.17, 15) is 9.90 Å². The highest BCUT2D eigenvalue weighted by molar-refractivity contribution is 5.91. The van der Waals surface area contributed by atoms with Crippen molar-refractivity contribution >= 4 is 5.91 Å². The van der Waals surface area contributed by atoms with Crippen molar-refractivity contribution in [1.82, 2.24) is 15.4 Å². The zero-order valence-electron chi connectivity index (χ0n) is 14.0. The predicted octanol–water partition coefficient (Wildman–Crippen LogP) is 0.717. The van der Waals surface area contributed by atoms with Gasteiger partial charge in [-0.2, -0.15) is 0 Å². The van der Waals surface area contributed by atoms with E-state index in [1.54, 1.807) is 24.8 Å². The predicted molar refractivity (Wildman–Crippen MR) is 83.1 cm³/mol. The number of likely N-dealkylation sites (N-methyl/N-ethyl adjacent to an activating group) is 1. The number of aromatic nitrogens is 1. The maximum absolute atomic E-state index is 12.4. The number of ether oxygens (including phenoxy) is 1. The molecule has 2 aliphatic rings. The minimum absolute atomic E-state index is 0.00424. The van der Waals surface area contributed by atoms with Gasteiger partial charge in [-0.15, -0.1) is 0 Å². The highest BCUT2D eigenvalue weighted by atomic mass is 16.5. The van der Waals surface area contributed by atoms with Crippen molar-refractivity contribution in [2.45, 2.75) is 50.4 Å². The van der Waals surface area contributed by atoms with E-state index in [4.69, 9.17) is 9.26 Å². The molecule has 2 N–H and O–H groups in total. The Kier molecular flexibility index (Phi) is 4.20. The van der Waals surface area contributed by atoms with Crippen LogP contribution in [-0.2, 0) is 4.74 Å². The van der Waals surface area contributed by atoms with Crippen LogP contribution in [0.4, 0.5) is 0 Å². The minimum atomic E-state index is -0.857. The van der Waals surface area contributed by atoms with Gasteiger partial charge in [0.1, 0.15) is 5.60 Å². The lowest BCUT2D eigenvalue weighted by atomic mass is 9.77. The Morgan fingerprint density at radius 3 is 2.74 bits per heavy atom. The van der Waals surface area contributed by atoms with E-state index in [1.807, 2.05) is 7.05 Å². The Hall–Kier alpha value is -1.44. The monoisotopic (exact) mass is 323 g/mol. The van der Waals surface area contributed by atoms with Crippen LogP contribution in [0.3, 0.4) is 0 Å². The first-order valence-electron chi connectivity index (χ1n) is 8.11. The lowest BCUT2D eigenvalue weighted by Crippen LogP contribution is -2.62. The number of rotatable bonds is 2. The fraction of sp³-hybridized carbons (Fsp3) is 0.750. The molecule has 0 radical (unpaired) electrons. The molecule has 1 aromatic rings. The summed E-state index contributed by atoms with van der Waals surface area (Å²) in [6, 6.07) is 1.66. The van der Waals surface area contributed by atoms with Crippen LogP contribution in [0.5, 0.6) is 0 Å². The van der Waals surface area contributed by atoms with Crippen LogP contribution in [0.1, 0.15) is 42.4 Å². The molecule has 3 heterocycles. The molecule has 0 aliphatic carbocycles. The van der Waals surface area contributed by atoms with E-state index in [0.29, 0.717) is 31.2 Å². The molecule has 0 saturated carbocycles. The molecule has 2 fully saturated rings. The van der Waals surface area contributed by atoms with E-state index >= 15 is 0 Å². The molecule has 7 nitrogen and oxygen atoms in total. The van der Waals surface area contributed by atoms with Crippen LogP contribution in [0.25, 0.3) is 0 Å². The Bertz CT molecular complexity index is 576. The molecule has 7 heteroatoms. The normalized spacial score (nSPS) is 30.6. The highest BCUT2D eigenvalue weighted by Gasteiger charge is 2.48.